The first-order chi connectivity index (χ1) is 5.33. The zero-order chi connectivity index (χ0) is 9.83. The number of hydrogen-bond acceptors (Lipinski definition) is 0. The largest absolute Gasteiger partial charge is 0.209 e. The van der Waals surface area contributed by atoms with Gasteiger partial charge in [-0.1, -0.05) is 18.8 Å². The van der Waals surface area contributed by atoms with Gasteiger partial charge < -0.3 is 0 Å². The Balaban J connectivity index is 4.64. The van der Waals surface area contributed by atoms with Gasteiger partial charge in [0.05, 0.1) is 0 Å². The van der Waals surface area contributed by atoms with E-state index in [4.69, 9.17) is 6.42 Å². The van der Waals surface area contributed by atoms with Crippen molar-refractivity contribution in [3.8, 4) is 23.1 Å². The van der Waals surface area contributed by atoms with Crippen LogP contribution in [0.3, 0.4) is 0 Å². The second-order valence-corrected chi connectivity index (χ2v) is 11.8. The molecule has 0 aliphatic carbocycles. The van der Waals surface area contributed by atoms with Crippen LogP contribution in [0.1, 0.15) is 0 Å². The van der Waals surface area contributed by atoms with E-state index in [2.05, 4.69) is 49.4 Å². The highest BCUT2D eigenvalue weighted by Gasteiger charge is 2.16. The highest BCUT2D eigenvalue weighted by molar-refractivity contribution is 6.95. The topological polar surface area (TPSA) is 0 Å². The van der Waals surface area contributed by atoms with Crippen molar-refractivity contribution < 1.29 is 0 Å². The molecule has 0 radical (unpaired) electrons. The molecule has 64 valence electrons. The van der Waals surface area contributed by atoms with Crippen LogP contribution in [0.5, 0.6) is 0 Å². The van der Waals surface area contributed by atoms with E-state index in [1.807, 2.05) is 5.70 Å². The molecule has 0 saturated heterocycles. The molecule has 0 N–H and O–H groups in total. The fraction of sp³-hybridized carbons (Fsp3) is 0.400. The van der Waals surface area contributed by atoms with Gasteiger partial charge in [0.15, 0.2) is 8.07 Å². The van der Waals surface area contributed by atoms with Crippen LogP contribution in [0.15, 0.2) is 12.3 Å². The molecule has 0 heterocycles. The minimum Gasteiger partial charge on any atom is -0.132 e. The van der Waals surface area contributed by atoms with E-state index in [9.17, 15) is 0 Å². The van der Waals surface area contributed by atoms with Crippen molar-refractivity contribution in [2.45, 2.75) is 26.2 Å². The van der Waals surface area contributed by atoms with Gasteiger partial charge >= 0.3 is 0 Å². The van der Waals surface area contributed by atoms with Crippen LogP contribution >= 0.6 is 0 Å². The van der Waals surface area contributed by atoms with Crippen LogP contribution < -0.4 is 0 Å². The lowest BCUT2D eigenvalue weighted by molar-refractivity contribution is 1.89. The molecular formula is C10H16Si2. The predicted octanol–water partition coefficient (Wildman–Crippen LogP) is 2.38. The van der Waals surface area contributed by atoms with Gasteiger partial charge in [0, 0.05) is 0 Å². The second-order valence-electron chi connectivity index (χ2n) is 3.95. The molecule has 0 spiro atoms. The Labute approximate surface area is 78.1 Å². The third kappa shape index (κ3) is 4.23. The summed E-state index contributed by atoms with van der Waals surface area (Å²) in [7, 11) is -3.11. The molecular weight excluding hydrogens is 176 g/mol. The highest BCUT2D eigenvalue weighted by Crippen LogP contribution is 2.02. The van der Waals surface area contributed by atoms with E-state index in [1.165, 1.54) is 0 Å². The Morgan fingerprint density at radius 1 is 1.17 bits per heavy atom. The Kier molecular flexibility index (Phi) is 3.58. The Hall–Kier alpha value is -0.706. The van der Waals surface area contributed by atoms with Crippen molar-refractivity contribution in [2.24, 2.45) is 0 Å². The summed E-state index contributed by atoms with van der Waals surface area (Å²) in [6.07, 6.45) is 5.38. The van der Waals surface area contributed by atoms with Gasteiger partial charge in [0.25, 0.3) is 0 Å². The van der Waals surface area contributed by atoms with E-state index in [0.717, 1.165) is 0 Å². The number of terminal acetylenes is 1. The highest BCUT2D eigenvalue weighted by atomic mass is 28.3. The number of hydrogen-bond donors (Lipinski definition) is 0. The molecule has 0 atom stereocenters. The lowest BCUT2D eigenvalue weighted by Crippen LogP contribution is -2.25. The van der Waals surface area contributed by atoms with Crippen LogP contribution in [0.25, 0.3) is 0 Å². The fourth-order valence-electron chi connectivity index (χ4n) is 0.404. The molecule has 0 saturated carbocycles. The fourth-order valence-corrected chi connectivity index (χ4v) is 3.12. The molecule has 0 fully saturated rings. The van der Waals surface area contributed by atoms with Crippen molar-refractivity contribution in [2.75, 3.05) is 0 Å². The predicted molar refractivity (Wildman–Crippen MR) is 61.8 cm³/mol. The summed E-state index contributed by atoms with van der Waals surface area (Å²) in [6, 6.07) is 0. The molecule has 0 nitrogen and oxygen atoms in total. The average molecular weight is 192 g/mol. The molecule has 0 aliphatic heterocycles. The van der Waals surface area contributed by atoms with Crippen LogP contribution in [-0.4, -0.2) is 16.1 Å². The van der Waals surface area contributed by atoms with Crippen LogP contribution in [-0.2, 0) is 0 Å². The summed E-state index contributed by atoms with van der Waals surface area (Å²) >= 11 is 0. The molecule has 0 aromatic carbocycles. The van der Waals surface area contributed by atoms with E-state index < -0.39 is 16.1 Å². The van der Waals surface area contributed by atoms with Gasteiger partial charge in [-0.05, 0) is 13.1 Å². The molecule has 0 aliphatic rings. The SMILES string of the molecule is C#C[Si](C)(C)C#C[Si](C)(C)C=C. The maximum absolute atomic E-state index is 5.38. The van der Waals surface area contributed by atoms with Crippen molar-refractivity contribution in [1.82, 2.24) is 0 Å². The van der Waals surface area contributed by atoms with E-state index in [0.29, 0.717) is 0 Å². The van der Waals surface area contributed by atoms with Gasteiger partial charge in [0.2, 0.25) is 8.07 Å². The average Bonchev–Trinajstić information content (AvgIpc) is 2.02. The minimum absolute atomic E-state index is 1.46. The van der Waals surface area contributed by atoms with Crippen molar-refractivity contribution in [3.05, 3.63) is 12.3 Å². The molecule has 0 rings (SSSR count). The normalized spacial score (nSPS) is 10.9. The Morgan fingerprint density at radius 3 is 2.00 bits per heavy atom. The monoisotopic (exact) mass is 192 g/mol. The molecule has 2 heteroatoms. The summed E-state index contributed by atoms with van der Waals surface area (Å²) in [6.45, 7) is 12.3. The first kappa shape index (κ1) is 11.3. The molecule has 0 aromatic heterocycles. The third-order valence-electron chi connectivity index (χ3n) is 1.57. The molecule has 0 bridgehead atoms. The lowest BCUT2D eigenvalue weighted by Gasteiger charge is -2.09. The maximum Gasteiger partial charge on any atom is 0.209 e. The smallest absolute Gasteiger partial charge is 0.132 e. The van der Waals surface area contributed by atoms with Crippen molar-refractivity contribution in [3.63, 3.8) is 0 Å². The summed E-state index contributed by atoms with van der Waals surface area (Å²) in [4.78, 5) is 0. The third-order valence-corrected chi connectivity index (χ3v) is 5.08. The van der Waals surface area contributed by atoms with E-state index >= 15 is 0 Å². The Morgan fingerprint density at radius 2 is 1.67 bits per heavy atom. The number of rotatable bonds is 1. The van der Waals surface area contributed by atoms with Gasteiger partial charge in [-0.15, -0.1) is 29.6 Å². The van der Waals surface area contributed by atoms with Gasteiger partial charge in [-0.25, -0.2) is 0 Å². The van der Waals surface area contributed by atoms with Crippen LogP contribution in [0.2, 0.25) is 26.2 Å². The summed E-state index contributed by atoms with van der Waals surface area (Å²) in [5.41, 5.74) is 11.3. The standard InChI is InChI=1S/C10H16Si2/c1-7-11(3,4)9-10-12(5,6)8-2/h1,8H,2H2,3-6H3. The van der Waals surface area contributed by atoms with Gasteiger partial charge in [-0.3, -0.25) is 0 Å². The van der Waals surface area contributed by atoms with E-state index in [1.54, 1.807) is 0 Å². The summed E-state index contributed by atoms with van der Waals surface area (Å²) < 4.78 is 0. The van der Waals surface area contributed by atoms with Crippen molar-refractivity contribution in [1.29, 1.82) is 0 Å². The first-order valence-corrected chi connectivity index (χ1v) is 10.1. The molecule has 12 heavy (non-hydrogen) atoms. The zero-order valence-corrected chi connectivity index (χ0v) is 10.4. The van der Waals surface area contributed by atoms with Gasteiger partial charge in [-0.2, -0.15) is 0 Å². The van der Waals surface area contributed by atoms with Crippen LogP contribution in [0.4, 0.5) is 0 Å². The molecule has 0 aromatic rings. The molecule has 0 unspecified atom stereocenters. The minimum atomic E-state index is -1.65. The quantitative estimate of drug-likeness (QED) is 0.442. The zero-order valence-electron chi connectivity index (χ0n) is 8.36. The first-order valence-electron chi connectivity index (χ1n) is 3.99. The van der Waals surface area contributed by atoms with Crippen molar-refractivity contribution >= 4 is 16.1 Å². The van der Waals surface area contributed by atoms with E-state index in [-0.39, 0.29) is 0 Å². The summed E-state index contributed by atoms with van der Waals surface area (Å²) in [5.74, 6) is 0. The lowest BCUT2D eigenvalue weighted by atomic mass is 11.3. The molecule has 0 amide bonds. The van der Waals surface area contributed by atoms with Crippen LogP contribution in [0, 0.1) is 23.1 Å². The second kappa shape index (κ2) is 3.80. The Bertz CT molecular complexity index is 268. The maximum atomic E-state index is 5.38. The summed E-state index contributed by atoms with van der Waals surface area (Å²) in [5, 5.41) is 0. The van der Waals surface area contributed by atoms with Gasteiger partial charge in [0.1, 0.15) is 0 Å².